The van der Waals surface area contributed by atoms with Gasteiger partial charge in [0.1, 0.15) is 0 Å². The van der Waals surface area contributed by atoms with Gasteiger partial charge in [-0.2, -0.15) is 5.10 Å². The number of methoxy groups -OCH3 is 1. The highest BCUT2D eigenvalue weighted by Gasteiger charge is 2.11. The molecule has 1 atom stereocenters. The molecule has 0 saturated carbocycles. The third-order valence-corrected chi connectivity index (χ3v) is 3.83. The second-order valence-electron chi connectivity index (χ2n) is 4.15. The van der Waals surface area contributed by atoms with Gasteiger partial charge in [-0.15, -0.1) is 11.3 Å². The Hall–Kier alpha value is -1.40. The Kier molecular flexibility index (Phi) is 4.33. The van der Waals surface area contributed by atoms with Crippen LogP contribution in [0.4, 0.5) is 5.69 Å². The Morgan fingerprint density at radius 2 is 2.39 bits per heavy atom. The molecular weight excluding hydrogens is 248 g/mol. The minimum Gasteiger partial charge on any atom is -0.383 e. The van der Waals surface area contributed by atoms with Crippen molar-refractivity contribution >= 4 is 17.0 Å². The Morgan fingerprint density at radius 3 is 3.06 bits per heavy atom. The Bertz CT molecular complexity index is 494. The molecule has 2 aromatic rings. The lowest BCUT2D eigenvalue weighted by molar-refractivity contribution is 0.183. The van der Waals surface area contributed by atoms with Crippen LogP contribution >= 0.6 is 11.3 Å². The first-order chi connectivity index (χ1) is 8.70. The molecule has 6 heteroatoms. The van der Waals surface area contributed by atoms with Crippen molar-refractivity contribution in [2.45, 2.75) is 26.4 Å². The summed E-state index contributed by atoms with van der Waals surface area (Å²) in [5, 5.41) is 7.70. The van der Waals surface area contributed by atoms with Crippen LogP contribution in [0.15, 0.2) is 17.9 Å². The highest BCUT2D eigenvalue weighted by atomic mass is 32.1. The topological polar surface area (TPSA) is 52.0 Å². The number of anilines is 1. The van der Waals surface area contributed by atoms with Crippen LogP contribution in [0.5, 0.6) is 0 Å². The number of aromatic nitrogens is 3. The van der Waals surface area contributed by atoms with Crippen LogP contribution in [0.2, 0.25) is 0 Å². The van der Waals surface area contributed by atoms with E-state index in [0.29, 0.717) is 6.61 Å². The monoisotopic (exact) mass is 266 g/mol. The largest absolute Gasteiger partial charge is 0.383 e. The fourth-order valence-corrected chi connectivity index (χ4v) is 2.60. The van der Waals surface area contributed by atoms with Gasteiger partial charge in [0, 0.05) is 18.2 Å². The number of hydrogen-bond donors (Lipinski definition) is 1. The summed E-state index contributed by atoms with van der Waals surface area (Å²) in [5.41, 5.74) is 3.99. The molecule has 0 bridgehead atoms. The fraction of sp³-hybridized carbons (Fsp3) is 0.500. The van der Waals surface area contributed by atoms with Crippen LogP contribution in [-0.2, 0) is 11.3 Å². The molecule has 0 aliphatic carbocycles. The molecule has 2 aromatic heterocycles. The highest BCUT2D eigenvalue weighted by molar-refractivity contribution is 7.09. The van der Waals surface area contributed by atoms with Crippen LogP contribution in [0.3, 0.4) is 0 Å². The molecule has 0 amide bonds. The number of hydrogen-bond acceptors (Lipinski definition) is 5. The molecule has 0 spiro atoms. The highest BCUT2D eigenvalue weighted by Crippen LogP contribution is 2.24. The summed E-state index contributed by atoms with van der Waals surface area (Å²) in [5.74, 6) is 0. The van der Waals surface area contributed by atoms with Gasteiger partial charge < -0.3 is 10.1 Å². The molecule has 2 rings (SSSR count). The van der Waals surface area contributed by atoms with E-state index >= 15 is 0 Å². The van der Waals surface area contributed by atoms with E-state index < -0.39 is 0 Å². The zero-order valence-electron chi connectivity index (χ0n) is 10.9. The van der Waals surface area contributed by atoms with E-state index in [1.807, 2.05) is 29.5 Å². The van der Waals surface area contributed by atoms with Gasteiger partial charge in [0.2, 0.25) is 0 Å². The lowest BCUT2D eigenvalue weighted by Gasteiger charge is -2.12. The van der Waals surface area contributed by atoms with Crippen molar-refractivity contribution in [1.29, 1.82) is 0 Å². The standard InChI is InChI=1S/C12H18N4OS/c1-9-12(18-8-13-9)10(2)15-11-6-14-16(7-11)4-5-17-3/h6-8,10,15H,4-5H2,1-3H3. The van der Waals surface area contributed by atoms with Gasteiger partial charge >= 0.3 is 0 Å². The maximum Gasteiger partial charge on any atom is 0.0798 e. The molecule has 18 heavy (non-hydrogen) atoms. The average Bonchev–Trinajstić information content (AvgIpc) is 2.95. The van der Waals surface area contributed by atoms with Crippen LogP contribution in [0, 0.1) is 6.92 Å². The first-order valence-electron chi connectivity index (χ1n) is 5.88. The number of nitrogens with one attached hydrogen (secondary N) is 1. The quantitative estimate of drug-likeness (QED) is 0.872. The molecule has 0 radical (unpaired) electrons. The SMILES string of the molecule is COCCn1cc(NC(C)c2scnc2C)cn1. The lowest BCUT2D eigenvalue weighted by atomic mass is 10.2. The molecule has 0 aromatic carbocycles. The van der Waals surface area contributed by atoms with E-state index in [0.717, 1.165) is 17.9 Å². The van der Waals surface area contributed by atoms with E-state index in [1.165, 1.54) is 4.88 Å². The van der Waals surface area contributed by atoms with E-state index in [1.54, 1.807) is 18.4 Å². The van der Waals surface area contributed by atoms with Gasteiger partial charge in [-0.05, 0) is 13.8 Å². The molecule has 5 nitrogen and oxygen atoms in total. The molecule has 2 heterocycles. The molecule has 98 valence electrons. The number of rotatable bonds is 6. The average molecular weight is 266 g/mol. The van der Waals surface area contributed by atoms with Crippen molar-refractivity contribution in [3.05, 3.63) is 28.5 Å². The van der Waals surface area contributed by atoms with Crippen LogP contribution < -0.4 is 5.32 Å². The van der Waals surface area contributed by atoms with Gasteiger partial charge in [0.25, 0.3) is 0 Å². The minimum atomic E-state index is 0.248. The molecule has 0 aliphatic rings. The molecule has 0 aliphatic heterocycles. The Balaban J connectivity index is 1.97. The maximum absolute atomic E-state index is 5.02. The summed E-state index contributed by atoms with van der Waals surface area (Å²) in [6, 6.07) is 0.248. The van der Waals surface area contributed by atoms with E-state index in [-0.39, 0.29) is 6.04 Å². The maximum atomic E-state index is 5.02. The third kappa shape index (κ3) is 3.08. The van der Waals surface area contributed by atoms with Crippen molar-refractivity contribution in [3.63, 3.8) is 0 Å². The summed E-state index contributed by atoms with van der Waals surface area (Å²) >= 11 is 1.68. The number of thiazole rings is 1. The van der Waals surface area contributed by atoms with Crippen molar-refractivity contribution < 1.29 is 4.74 Å². The van der Waals surface area contributed by atoms with Crippen molar-refractivity contribution in [3.8, 4) is 0 Å². The number of ether oxygens (including phenoxy) is 1. The first-order valence-corrected chi connectivity index (χ1v) is 6.76. The third-order valence-electron chi connectivity index (χ3n) is 2.72. The van der Waals surface area contributed by atoms with Crippen molar-refractivity contribution in [2.24, 2.45) is 0 Å². The van der Waals surface area contributed by atoms with Gasteiger partial charge in [-0.25, -0.2) is 4.98 Å². The Morgan fingerprint density at radius 1 is 1.56 bits per heavy atom. The van der Waals surface area contributed by atoms with Gasteiger partial charge in [-0.3, -0.25) is 4.68 Å². The zero-order chi connectivity index (χ0) is 13.0. The van der Waals surface area contributed by atoms with E-state index in [4.69, 9.17) is 4.74 Å². The fourth-order valence-electron chi connectivity index (χ4n) is 1.79. The molecular formula is C12H18N4OS. The Labute approximate surface area is 111 Å². The van der Waals surface area contributed by atoms with Crippen LogP contribution in [0.25, 0.3) is 0 Å². The van der Waals surface area contributed by atoms with Crippen LogP contribution in [-0.4, -0.2) is 28.5 Å². The van der Waals surface area contributed by atoms with E-state index in [9.17, 15) is 0 Å². The smallest absolute Gasteiger partial charge is 0.0798 e. The molecule has 0 saturated heterocycles. The summed E-state index contributed by atoms with van der Waals surface area (Å²) in [6.45, 7) is 5.61. The van der Waals surface area contributed by atoms with Gasteiger partial charge in [-0.1, -0.05) is 0 Å². The van der Waals surface area contributed by atoms with Crippen molar-refractivity contribution in [2.75, 3.05) is 19.0 Å². The second-order valence-corrected chi connectivity index (χ2v) is 5.04. The van der Waals surface area contributed by atoms with E-state index in [2.05, 4.69) is 22.3 Å². The minimum absolute atomic E-state index is 0.248. The van der Waals surface area contributed by atoms with Gasteiger partial charge in [0.15, 0.2) is 0 Å². The molecule has 1 N–H and O–H groups in total. The number of nitrogens with zero attached hydrogens (tertiary/aromatic N) is 3. The summed E-state index contributed by atoms with van der Waals surface area (Å²) < 4.78 is 6.90. The summed E-state index contributed by atoms with van der Waals surface area (Å²) in [7, 11) is 1.69. The van der Waals surface area contributed by atoms with Crippen LogP contribution in [0.1, 0.15) is 23.5 Å². The number of aryl methyl sites for hydroxylation is 1. The summed E-state index contributed by atoms with van der Waals surface area (Å²) in [6.07, 6.45) is 3.83. The normalized spacial score (nSPS) is 12.6. The molecule has 1 unspecified atom stereocenters. The first kappa shape index (κ1) is 13.0. The predicted molar refractivity (Wildman–Crippen MR) is 73.0 cm³/mol. The summed E-state index contributed by atoms with van der Waals surface area (Å²) in [4.78, 5) is 5.53. The van der Waals surface area contributed by atoms with Crippen molar-refractivity contribution in [1.82, 2.24) is 14.8 Å². The lowest BCUT2D eigenvalue weighted by Crippen LogP contribution is -2.06. The zero-order valence-corrected chi connectivity index (χ0v) is 11.7. The predicted octanol–water partition coefficient (Wildman–Crippen LogP) is 2.47. The molecule has 0 fully saturated rings. The van der Waals surface area contributed by atoms with Gasteiger partial charge in [0.05, 0.1) is 42.3 Å². The second kappa shape index (κ2) is 5.97.